The van der Waals surface area contributed by atoms with Crippen molar-refractivity contribution in [3.05, 3.63) is 0 Å². The molecule has 0 nitrogen and oxygen atoms in total. The predicted octanol–water partition coefficient (Wildman–Crippen LogP) is 2.87. The SMILES string of the molecule is C.C.CCCC.[W].[W].[W].[W].[W].[W].[W].[W].[W].[W].[W].[W].[W].[W].[W].[W].[W].[W].[W].[W].[W].[W].[W].[W].[W].[W].[W].[W].[W].[W].[W].[W].[W].[W].[W].[W].[W].[W].[W].[W].[W].[W].[W].[W].[W].[W].[W].[W].[W].[W].[W].[W].[W].[W].[W].[W].[W].[W].[W].[W].[W].[W].[W].[W].[W].[W].[W].[W].[W].[W].[W].[W].[W].[W].[W].[W].[W].[W].[W].[W].[W].[W]. The van der Waals surface area contributed by atoms with Gasteiger partial charge in [0, 0.05) is 1730 Å². The molecule has 0 aromatic carbocycles. The van der Waals surface area contributed by atoms with Gasteiger partial charge in [0.2, 0.25) is 0 Å². The van der Waals surface area contributed by atoms with E-state index in [1.807, 2.05) is 0 Å². The molecule has 0 heterocycles. The summed E-state index contributed by atoms with van der Waals surface area (Å²) in [4.78, 5) is 0. The van der Waals surface area contributed by atoms with Crippen LogP contribution in [0.2, 0.25) is 0 Å². The van der Waals surface area contributed by atoms with E-state index in [0.717, 1.165) is 0 Å². The topological polar surface area (TPSA) is 0 Å². The molecule has 0 aromatic rings. The van der Waals surface area contributed by atoms with E-state index in [0.29, 0.717) is 0 Å². The summed E-state index contributed by atoms with van der Waals surface area (Å²) >= 11 is 0. The molecule has 0 saturated carbocycles. The van der Waals surface area contributed by atoms with Crippen molar-refractivity contribution in [1.82, 2.24) is 0 Å². The van der Waals surface area contributed by atoms with Gasteiger partial charge in [-0.1, -0.05) is 41.5 Å². The molecule has 0 bridgehead atoms. The van der Waals surface area contributed by atoms with E-state index < -0.39 is 0 Å². The Morgan fingerprint density at radius 2 is 0.0795 bits per heavy atom. The second-order valence-electron chi connectivity index (χ2n) is 1.000. The minimum atomic E-state index is 0. The van der Waals surface area contributed by atoms with Gasteiger partial charge in [0.1, 0.15) is 0 Å². The van der Waals surface area contributed by atoms with Gasteiger partial charge < -0.3 is 0 Å². The molecule has 0 aliphatic carbocycles. The second kappa shape index (κ2) is 852. The molecule has 534 valence electrons. The van der Waals surface area contributed by atoms with E-state index in [-0.39, 0.29) is 1740 Å². The van der Waals surface area contributed by atoms with E-state index in [2.05, 4.69) is 13.8 Å². The molecule has 0 fully saturated rings. The summed E-state index contributed by atoms with van der Waals surface area (Å²) in [5.41, 5.74) is 0. The molecule has 0 aliphatic heterocycles. The van der Waals surface area contributed by atoms with Gasteiger partial charge in [-0.25, -0.2) is 0 Å². The van der Waals surface area contributed by atoms with Crippen molar-refractivity contribution < 1.29 is 1730 Å². The summed E-state index contributed by atoms with van der Waals surface area (Å²) in [6, 6.07) is 0. The summed E-state index contributed by atoms with van der Waals surface area (Å²) in [7, 11) is 0. The Morgan fingerprint density at radius 3 is 0.0795 bits per heavy atom. The third-order valence-electron chi connectivity index (χ3n) is 0.500. The van der Waals surface area contributed by atoms with Crippen molar-refractivity contribution in [3.63, 3.8) is 0 Å². The average molecular weight is 15200 g/mol. The van der Waals surface area contributed by atoms with Crippen LogP contribution in [0.4, 0.5) is 0 Å². The first kappa shape index (κ1) is 841. The molecule has 0 aromatic heterocycles. The van der Waals surface area contributed by atoms with Crippen LogP contribution in [0, 0.1) is 0 Å². The van der Waals surface area contributed by atoms with E-state index >= 15 is 0 Å². The summed E-state index contributed by atoms with van der Waals surface area (Å²) in [5.74, 6) is 0. The van der Waals surface area contributed by atoms with Gasteiger partial charge in [-0.15, -0.1) is 0 Å². The van der Waals surface area contributed by atoms with Crippen LogP contribution in [0.15, 0.2) is 0 Å². The van der Waals surface area contributed by atoms with Crippen LogP contribution < -0.4 is 0 Å². The minimum Gasteiger partial charge on any atom is -0.0776 e. The molecular weight excluding hydrogens is 15100 g/mol. The van der Waals surface area contributed by atoms with Gasteiger partial charge in [0.25, 0.3) is 0 Å². The maximum absolute atomic E-state index is 2.18. The molecule has 0 saturated heterocycles. The average Bonchev–Trinajstić information content (AvgIpc) is 1.37. The largest absolute Gasteiger partial charge is 0.0776 e. The zero-order valence-corrected chi connectivity index (χ0v) is 277. The van der Waals surface area contributed by atoms with Crippen molar-refractivity contribution in [2.45, 2.75) is 41.5 Å². The van der Waals surface area contributed by atoms with Crippen LogP contribution in [0.25, 0.3) is 0 Å². The fourth-order valence-electron chi connectivity index (χ4n) is 0. The van der Waals surface area contributed by atoms with Gasteiger partial charge >= 0.3 is 0 Å². The zero-order valence-electron chi connectivity index (χ0n) is 36.9. The Balaban J connectivity index is -0.0000000000129. The predicted molar refractivity (Wildman–Crippen MR) is 34.0 cm³/mol. The number of hydrogen-bond donors (Lipinski definition) is 0. The summed E-state index contributed by atoms with van der Waals surface area (Å²) in [6.45, 7) is 4.36. The molecule has 0 rings (SSSR count). The number of rotatable bonds is 1. The van der Waals surface area contributed by atoms with E-state index in [1.54, 1.807) is 0 Å². The summed E-state index contributed by atoms with van der Waals surface area (Å²) in [6.07, 6.45) is 2.64. The molecule has 0 radical (unpaired) electrons. The third-order valence-corrected chi connectivity index (χ3v) is 0.500. The van der Waals surface area contributed by atoms with E-state index in [1.165, 1.54) is 12.8 Å². The maximum Gasteiger partial charge on any atom is 0 e. The van der Waals surface area contributed by atoms with Crippen LogP contribution in [-0.4, -0.2) is 0 Å². The standard InChI is InChI=1S/C4H10.2CH4.82W/c1-3-4-2;;;;;;;;;;;;;;;;;;;;;;;;;;;;;;;;;;;;;;;;;;;;;;;;;;;;;;;;;;;;;;;;;;;;;;;;;;;;;;;;;;;;/h3-4H2,1-2H3;2*1H4;;;;;;;;;;;;;;;;;;;;;;;;;;;;;;;;;;;;;;;;;;;;;;;;;;;;;;;;;;;;;;;;;;;;;;;;;;;;;;;;;;. The van der Waals surface area contributed by atoms with Crippen LogP contribution in [0.3, 0.4) is 0 Å². The van der Waals surface area contributed by atoms with Gasteiger partial charge in [0.15, 0.2) is 0 Å². The van der Waals surface area contributed by atoms with Crippen molar-refractivity contribution in [3.8, 4) is 0 Å². The van der Waals surface area contributed by atoms with Crippen molar-refractivity contribution >= 4 is 0 Å². The molecule has 0 atom stereocenters. The molecule has 0 amide bonds. The summed E-state index contributed by atoms with van der Waals surface area (Å²) in [5, 5.41) is 0. The van der Waals surface area contributed by atoms with E-state index in [4.69, 9.17) is 0 Å². The fraction of sp³-hybridized carbons (Fsp3) is 1.00. The Labute approximate surface area is 1710 Å². The molecule has 0 unspecified atom stereocenters. The fourth-order valence-corrected chi connectivity index (χ4v) is 0. The molecule has 0 aliphatic rings. The van der Waals surface area contributed by atoms with Crippen molar-refractivity contribution in [2.24, 2.45) is 0 Å². The molecule has 88 heavy (non-hydrogen) atoms. The van der Waals surface area contributed by atoms with Gasteiger partial charge in [-0.3, -0.25) is 0 Å². The van der Waals surface area contributed by atoms with E-state index in [9.17, 15) is 0 Å². The van der Waals surface area contributed by atoms with Gasteiger partial charge in [-0.05, 0) is 0 Å². The first-order chi connectivity index (χ1) is 1.91. The first-order valence-electron chi connectivity index (χ1n) is 1.91. The maximum atomic E-state index is 2.18. The Bertz CT molecular complexity index is 33.6. The van der Waals surface area contributed by atoms with Crippen molar-refractivity contribution in [1.29, 1.82) is 0 Å². The number of unbranched alkanes of at least 4 members (excludes halogenated alkanes) is 1. The monoisotopic (exact) mass is 15200 g/mol. The quantitative estimate of drug-likeness (QED) is 0.380. The van der Waals surface area contributed by atoms with Crippen LogP contribution in [0.1, 0.15) is 41.5 Å². The Morgan fingerprint density at radius 1 is 0.0682 bits per heavy atom. The second-order valence-corrected chi connectivity index (χ2v) is 1.000. The van der Waals surface area contributed by atoms with Crippen LogP contribution in [-0.2, 0) is 1730 Å². The smallest absolute Gasteiger partial charge is 0 e. The first-order valence-corrected chi connectivity index (χ1v) is 1.91. The molecule has 0 N–H and O–H groups in total. The van der Waals surface area contributed by atoms with Gasteiger partial charge in [0.05, 0.1) is 0 Å². The van der Waals surface area contributed by atoms with Gasteiger partial charge in [-0.2, -0.15) is 0 Å². The minimum absolute atomic E-state index is 0. The van der Waals surface area contributed by atoms with Crippen LogP contribution in [0.5, 0.6) is 0 Å². The normalized spacial score (nSPS) is 0.341. The molecule has 0 spiro atoms. The van der Waals surface area contributed by atoms with Crippen LogP contribution >= 0.6 is 0 Å². The third kappa shape index (κ3) is 864. The Kier molecular flexibility index (Phi) is 8140. The van der Waals surface area contributed by atoms with Crippen molar-refractivity contribution in [2.75, 3.05) is 0 Å². The zero-order chi connectivity index (χ0) is 3.41. The molecular formula is C6H18W82. The summed E-state index contributed by atoms with van der Waals surface area (Å²) < 4.78 is 0. The number of hydrogen-bond acceptors (Lipinski definition) is 0. The molecule has 82 heteroatoms. The Hall–Kier alpha value is 56.4.